The van der Waals surface area contributed by atoms with Crippen molar-refractivity contribution in [2.45, 2.75) is 43.5 Å². The number of halogens is 2. The summed E-state index contributed by atoms with van der Waals surface area (Å²) >= 11 is 3.33. The Labute approximate surface area is 128 Å². The number of sulfonamides is 1. The Morgan fingerprint density at radius 1 is 1.35 bits per heavy atom. The summed E-state index contributed by atoms with van der Waals surface area (Å²) in [7, 11) is -3.56. The first-order valence-electron chi connectivity index (χ1n) is 6.81. The van der Waals surface area contributed by atoms with E-state index >= 15 is 0 Å². The SMILES string of the molecule is Cc1cc(F)ccc1S(=O)(=O)N(CCBr)C1CCCC1. The highest BCUT2D eigenvalue weighted by Gasteiger charge is 2.33. The van der Waals surface area contributed by atoms with Gasteiger partial charge in [0.05, 0.1) is 4.90 Å². The van der Waals surface area contributed by atoms with E-state index in [9.17, 15) is 12.8 Å². The van der Waals surface area contributed by atoms with Gasteiger partial charge in [0.2, 0.25) is 10.0 Å². The van der Waals surface area contributed by atoms with Crippen molar-refractivity contribution in [1.29, 1.82) is 0 Å². The molecular formula is C14H19BrFNO2S. The second-order valence-electron chi connectivity index (χ2n) is 5.15. The number of hydrogen-bond acceptors (Lipinski definition) is 2. The van der Waals surface area contributed by atoms with Gasteiger partial charge in [-0.2, -0.15) is 4.31 Å². The Kier molecular flexibility index (Phi) is 5.20. The molecule has 20 heavy (non-hydrogen) atoms. The van der Waals surface area contributed by atoms with Gasteiger partial charge in [-0.25, -0.2) is 12.8 Å². The third kappa shape index (κ3) is 3.23. The molecule has 3 nitrogen and oxygen atoms in total. The van der Waals surface area contributed by atoms with Crippen LogP contribution in [0.25, 0.3) is 0 Å². The molecule has 1 aliphatic carbocycles. The van der Waals surface area contributed by atoms with Gasteiger partial charge in [0.25, 0.3) is 0 Å². The van der Waals surface area contributed by atoms with Crippen molar-refractivity contribution in [3.8, 4) is 0 Å². The molecule has 0 aromatic heterocycles. The van der Waals surface area contributed by atoms with Gasteiger partial charge in [-0.3, -0.25) is 0 Å². The van der Waals surface area contributed by atoms with E-state index in [1.807, 2.05) is 0 Å². The molecule has 6 heteroatoms. The van der Waals surface area contributed by atoms with Crippen LogP contribution < -0.4 is 0 Å². The van der Waals surface area contributed by atoms with Gasteiger partial charge < -0.3 is 0 Å². The Bertz CT molecular complexity index is 571. The van der Waals surface area contributed by atoms with Crippen LogP contribution in [0.5, 0.6) is 0 Å². The number of rotatable bonds is 5. The fourth-order valence-electron chi connectivity index (χ4n) is 2.80. The molecule has 0 heterocycles. The van der Waals surface area contributed by atoms with E-state index in [1.165, 1.54) is 18.2 Å². The van der Waals surface area contributed by atoms with Crippen LogP contribution >= 0.6 is 15.9 Å². The predicted molar refractivity (Wildman–Crippen MR) is 81.1 cm³/mol. The zero-order valence-corrected chi connectivity index (χ0v) is 13.9. The second-order valence-corrected chi connectivity index (χ2v) is 7.80. The first kappa shape index (κ1) is 15.9. The minimum absolute atomic E-state index is 0.0713. The lowest BCUT2D eigenvalue weighted by Gasteiger charge is -2.28. The molecule has 2 rings (SSSR count). The minimum Gasteiger partial charge on any atom is -0.207 e. The summed E-state index contributed by atoms with van der Waals surface area (Å²) in [5.41, 5.74) is 0.461. The molecule has 1 fully saturated rings. The van der Waals surface area contributed by atoms with Gasteiger partial charge in [-0.1, -0.05) is 28.8 Å². The topological polar surface area (TPSA) is 37.4 Å². The van der Waals surface area contributed by atoms with Crippen LogP contribution in [0.1, 0.15) is 31.2 Å². The first-order valence-corrected chi connectivity index (χ1v) is 9.37. The van der Waals surface area contributed by atoms with E-state index in [1.54, 1.807) is 11.2 Å². The molecule has 0 radical (unpaired) electrons. The molecule has 0 atom stereocenters. The predicted octanol–water partition coefficient (Wildman–Crippen LogP) is 3.46. The molecule has 1 aliphatic rings. The molecule has 0 saturated heterocycles. The van der Waals surface area contributed by atoms with Gasteiger partial charge in [0, 0.05) is 17.9 Å². The maximum atomic E-state index is 13.2. The van der Waals surface area contributed by atoms with Gasteiger partial charge in [-0.15, -0.1) is 0 Å². The second kappa shape index (κ2) is 6.54. The Hall–Kier alpha value is -0.460. The van der Waals surface area contributed by atoms with Gasteiger partial charge in [-0.05, 0) is 43.5 Å². The van der Waals surface area contributed by atoms with Crippen molar-refractivity contribution in [1.82, 2.24) is 4.31 Å². The lowest BCUT2D eigenvalue weighted by atomic mass is 10.2. The fraction of sp³-hybridized carbons (Fsp3) is 0.571. The number of aryl methyl sites for hydroxylation is 1. The number of alkyl halides is 1. The highest BCUT2D eigenvalue weighted by molar-refractivity contribution is 9.09. The molecule has 0 spiro atoms. The van der Waals surface area contributed by atoms with E-state index in [0.29, 0.717) is 17.4 Å². The third-order valence-electron chi connectivity index (χ3n) is 3.76. The maximum Gasteiger partial charge on any atom is 0.243 e. The third-order valence-corrected chi connectivity index (χ3v) is 6.23. The summed E-state index contributed by atoms with van der Waals surface area (Å²) in [4.78, 5) is 0.215. The highest BCUT2D eigenvalue weighted by atomic mass is 79.9. The molecule has 1 aromatic rings. The lowest BCUT2D eigenvalue weighted by molar-refractivity contribution is 0.338. The quantitative estimate of drug-likeness (QED) is 0.751. The lowest BCUT2D eigenvalue weighted by Crippen LogP contribution is -2.40. The zero-order valence-electron chi connectivity index (χ0n) is 11.5. The van der Waals surface area contributed by atoms with Gasteiger partial charge in [0.15, 0.2) is 0 Å². The van der Waals surface area contributed by atoms with Crippen molar-refractivity contribution >= 4 is 26.0 Å². The Morgan fingerprint density at radius 3 is 2.55 bits per heavy atom. The Balaban J connectivity index is 2.39. The first-order chi connectivity index (χ1) is 9.46. The largest absolute Gasteiger partial charge is 0.243 e. The summed E-state index contributed by atoms with van der Waals surface area (Å²) in [6.07, 6.45) is 3.96. The van der Waals surface area contributed by atoms with E-state index in [-0.39, 0.29) is 10.9 Å². The molecule has 0 unspecified atom stereocenters. The van der Waals surface area contributed by atoms with Crippen LogP contribution in [0.4, 0.5) is 4.39 Å². The molecule has 0 amide bonds. The zero-order chi connectivity index (χ0) is 14.8. The van der Waals surface area contributed by atoms with Crippen LogP contribution in [0.3, 0.4) is 0 Å². The van der Waals surface area contributed by atoms with Crippen molar-refractivity contribution in [3.05, 3.63) is 29.6 Å². The number of benzene rings is 1. The highest BCUT2D eigenvalue weighted by Crippen LogP contribution is 2.30. The van der Waals surface area contributed by atoms with E-state index in [4.69, 9.17) is 0 Å². The smallest absolute Gasteiger partial charge is 0.207 e. The van der Waals surface area contributed by atoms with Crippen molar-refractivity contribution in [2.75, 3.05) is 11.9 Å². The van der Waals surface area contributed by atoms with Crippen molar-refractivity contribution in [2.24, 2.45) is 0 Å². The summed E-state index contributed by atoms with van der Waals surface area (Å²) in [6.45, 7) is 2.08. The van der Waals surface area contributed by atoms with Crippen LogP contribution in [0.15, 0.2) is 23.1 Å². The average molecular weight is 364 g/mol. The summed E-state index contributed by atoms with van der Waals surface area (Å²) in [5.74, 6) is -0.408. The summed E-state index contributed by atoms with van der Waals surface area (Å²) in [6, 6.07) is 3.92. The van der Waals surface area contributed by atoms with Gasteiger partial charge >= 0.3 is 0 Å². The molecule has 112 valence electrons. The van der Waals surface area contributed by atoms with E-state index in [0.717, 1.165) is 25.7 Å². The molecular weight excluding hydrogens is 345 g/mol. The van der Waals surface area contributed by atoms with Crippen LogP contribution in [-0.2, 0) is 10.0 Å². The number of hydrogen-bond donors (Lipinski definition) is 0. The van der Waals surface area contributed by atoms with E-state index in [2.05, 4.69) is 15.9 Å². The van der Waals surface area contributed by atoms with Gasteiger partial charge in [0.1, 0.15) is 5.82 Å². The molecule has 1 aromatic carbocycles. The minimum atomic E-state index is -3.56. The Morgan fingerprint density at radius 2 is 2.00 bits per heavy atom. The van der Waals surface area contributed by atoms with Crippen molar-refractivity contribution in [3.63, 3.8) is 0 Å². The standard InChI is InChI=1S/C14H19BrFNO2S/c1-11-10-12(16)6-7-14(11)20(18,19)17(9-8-15)13-4-2-3-5-13/h6-7,10,13H,2-5,8-9H2,1H3. The van der Waals surface area contributed by atoms with Crippen LogP contribution in [0.2, 0.25) is 0 Å². The normalized spacial score (nSPS) is 17.0. The average Bonchev–Trinajstić information content (AvgIpc) is 2.88. The summed E-state index contributed by atoms with van der Waals surface area (Å²) < 4.78 is 40.4. The van der Waals surface area contributed by atoms with Crippen LogP contribution in [0, 0.1) is 12.7 Å². The van der Waals surface area contributed by atoms with Crippen molar-refractivity contribution < 1.29 is 12.8 Å². The molecule has 1 saturated carbocycles. The summed E-state index contributed by atoms with van der Waals surface area (Å²) in [5, 5.41) is 0.600. The van der Waals surface area contributed by atoms with E-state index < -0.39 is 15.8 Å². The van der Waals surface area contributed by atoms with Crippen LogP contribution in [-0.4, -0.2) is 30.6 Å². The fourth-order valence-corrected chi connectivity index (χ4v) is 5.31. The molecule has 0 bridgehead atoms. The molecule has 0 N–H and O–H groups in total. The maximum absolute atomic E-state index is 13.2. The number of nitrogens with zero attached hydrogens (tertiary/aromatic N) is 1. The molecule has 0 aliphatic heterocycles. The monoisotopic (exact) mass is 363 g/mol.